The minimum absolute atomic E-state index is 0.0187. The van der Waals surface area contributed by atoms with Crippen LogP contribution in [0.5, 0.6) is 5.88 Å². The Morgan fingerprint density at radius 3 is 2.35 bits per heavy atom. The van der Waals surface area contributed by atoms with Gasteiger partial charge in [0.15, 0.2) is 12.4 Å². The summed E-state index contributed by atoms with van der Waals surface area (Å²) in [6.45, 7) is 6.96. The topological polar surface area (TPSA) is 82.1 Å². The molecule has 1 aliphatic rings. The normalized spacial score (nSPS) is 14.3. The van der Waals surface area contributed by atoms with E-state index in [-0.39, 0.29) is 22.9 Å². The number of hydrogen-bond acceptors (Lipinski definition) is 4. The van der Waals surface area contributed by atoms with E-state index in [1.165, 1.54) is 24.3 Å². The molecule has 2 aromatic heterocycles. The molecule has 8 heteroatoms. The maximum atomic E-state index is 13.3. The van der Waals surface area contributed by atoms with E-state index in [9.17, 15) is 19.1 Å². The van der Waals surface area contributed by atoms with Gasteiger partial charge in [0.25, 0.3) is 11.6 Å². The molecule has 158 valence electrons. The summed E-state index contributed by atoms with van der Waals surface area (Å²) in [5.74, 6) is -2.00. The van der Waals surface area contributed by atoms with Gasteiger partial charge in [-0.25, -0.2) is 9.07 Å². The number of halogens is 1. The average Bonchev–Trinajstić information content (AvgIpc) is 3.14. The molecule has 0 saturated heterocycles. The zero-order valence-electron chi connectivity index (χ0n) is 17.6. The van der Waals surface area contributed by atoms with Gasteiger partial charge in [0, 0.05) is 23.2 Å². The fourth-order valence-corrected chi connectivity index (χ4v) is 3.75. The molecule has 0 N–H and O–H groups in total. The van der Waals surface area contributed by atoms with Gasteiger partial charge in [-0.2, -0.15) is 9.67 Å². The average molecular weight is 420 g/mol. The Morgan fingerprint density at radius 2 is 1.74 bits per heavy atom. The lowest BCUT2D eigenvalue weighted by Gasteiger charge is -2.18. The number of carbonyl (C=O) groups excluding carboxylic acids is 2. The molecular formula is C23H21FN4O3. The Hall–Kier alpha value is -3.81. The van der Waals surface area contributed by atoms with Crippen LogP contribution >= 0.6 is 0 Å². The van der Waals surface area contributed by atoms with Crippen LogP contribution in [0.15, 0.2) is 48.8 Å². The third-order valence-electron chi connectivity index (χ3n) is 5.15. The summed E-state index contributed by atoms with van der Waals surface area (Å²) in [7, 11) is 0. The van der Waals surface area contributed by atoms with Crippen molar-refractivity contribution in [2.24, 2.45) is 0 Å². The van der Waals surface area contributed by atoms with Crippen molar-refractivity contribution < 1.29 is 23.7 Å². The summed E-state index contributed by atoms with van der Waals surface area (Å²) in [4.78, 5) is 27.7. The Labute approximate surface area is 178 Å². The van der Waals surface area contributed by atoms with Crippen molar-refractivity contribution in [1.29, 1.82) is 0 Å². The minimum atomic E-state index is -0.545. The van der Waals surface area contributed by atoms with Gasteiger partial charge in [-0.15, -0.1) is 0 Å². The quantitative estimate of drug-likeness (QED) is 0.478. The van der Waals surface area contributed by atoms with Crippen LogP contribution in [0.3, 0.4) is 0 Å². The summed E-state index contributed by atoms with van der Waals surface area (Å²) < 4.78 is 16.0. The van der Waals surface area contributed by atoms with Gasteiger partial charge in [-0.05, 0) is 63.9 Å². The third-order valence-corrected chi connectivity index (χ3v) is 5.15. The zero-order chi connectivity index (χ0) is 22.4. The Kier molecular flexibility index (Phi) is 4.93. The van der Waals surface area contributed by atoms with E-state index in [1.807, 2.05) is 13.0 Å². The lowest BCUT2D eigenvalue weighted by Crippen LogP contribution is -2.42. The van der Waals surface area contributed by atoms with Crippen molar-refractivity contribution in [2.75, 3.05) is 0 Å². The molecule has 0 bridgehead atoms. The number of imide groups is 1. The maximum absolute atomic E-state index is 13.3. The largest absolute Gasteiger partial charge is 0.858 e. The minimum Gasteiger partial charge on any atom is -0.858 e. The second kappa shape index (κ2) is 7.46. The Balaban J connectivity index is 1.98. The third kappa shape index (κ3) is 3.30. The molecule has 0 radical (unpaired) electrons. The summed E-state index contributed by atoms with van der Waals surface area (Å²) in [6.07, 6.45) is 3.40. The fourth-order valence-electron chi connectivity index (χ4n) is 3.75. The van der Waals surface area contributed by atoms with Crippen molar-refractivity contribution in [2.45, 2.75) is 33.7 Å². The number of amides is 2. The fraction of sp³-hybridized carbons (Fsp3) is 0.217. The van der Waals surface area contributed by atoms with Gasteiger partial charge in [0.05, 0.1) is 11.4 Å². The number of hydrogen-bond donors (Lipinski definition) is 0. The molecule has 3 aromatic rings. The Bertz CT molecular complexity index is 1240. The molecule has 31 heavy (non-hydrogen) atoms. The summed E-state index contributed by atoms with van der Waals surface area (Å²) in [5.41, 5.74) is 1.75. The molecule has 2 amide bonds. The highest BCUT2D eigenvalue weighted by molar-refractivity contribution is 6.45. The number of aromatic nitrogens is 3. The molecule has 3 heterocycles. The van der Waals surface area contributed by atoms with Crippen LogP contribution in [0.4, 0.5) is 4.39 Å². The van der Waals surface area contributed by atoms with Crippen molar-refractivity contribution >= 4 is 23.1 Å². The van der Waals surface area contributed by atoms with Crippen molar-refractivity contribution in [1.82, 2.24) is 14.7 Å². The molecule has 0 fully saturated rings. The first-order valence-electron chi connectivity index (χ1n) is 9.84. The van der Waals surface area contributed by atoms with Crippen LogP contribution in [-0.2, 0) is 9.59 Å². The molecule has 1 aliphatic heterocycles. The summed E-state index contributed by atoms with van der Waals surface area (Å²) >= 11 is 0. The lowest BCUT2D eigenvalue weighted by molar-refractivity contribution is -0.577. The van der Waals surface area contributed by atoms with Gasteiger partial charge in [-0.1, -0.05) is 0 Å². The SMILES string of the molecule is Cc1ccc[n+](C2=C(c3c(C)nn(-c4ccc(F)cc4)c3[O-])C(=O)N(C(C)C)C2=O)c1. The van der Waals surface area contributed by atoms with Crippen LogP contribution in [0, 0.1) is 19.7 Å². The summed E-state index contributed by atoms with van der Waals surface area (Å²) in [6, 6.07) is 8.56. The second-order valence-electron chi connectivity index (χ2n) is 7.74. The van der Waals surface area contributed by atoms with E-state index in [2.05, 4.69) is 5.10 Å². The van der Waals surface area contributed by atoms with E-state index in [0.717, 1.165) is 15.1 Å². The maximum Gasteiger partial charge on any atom is 0.327 e. The molecule has 4 rings (SSSR count). The molecule has 0 aliphatic carbocycles. The molecule has 0 saturated carbocycles. The van der Waals surface area contributed by atoms with E-state index < -0.39 is 23.5 Å². The first kappa shape index (κ1) is 20.5. The van der Waals surface area contributed by atoms with E-state index >= 15 is 0 Å². The highest BCUT2D eigenvalue weighted by Gasteiger charge is 2.47. The molecule has 7 nitrogen and oxygen atoms in total. The second-order valence-corrected chi connectivity index (χ2v) is 7.74. The number of pyridine rings is 1. The highest BCUT2D eigenvalue weighted by atomic mass is 19.1. The van der Waals surface area contributed by atoms with Gasteiger partial charge in [0.1, 0.15) is 11.4 Å². The molecule has 0 unspecified atom stereocenters. The predicted octanol–water partition coefficient (Wildman–Crippen LogP) is 2.13. The highest BCUT2D eigenvalue weighted by Crippen LogP contribution is 2.37. The van der Waals surface area contributed by atoms with Gasteiger partial charge in [-0.3, -0.25) is 14.5 Å². The smallest absolute Gasteiger partial charge is 0.327 e. The number of carbonyl (C=O) groups is 2. The standard InChI is InChI=1S/C23H21FN4O3/c1-13(2)27-21(29)19(20(23(27)31)26-11-5-6-14(3)12-26)18-15(4)25-28(22(18)30)17-9-7-16(24)8-10-17/h5-13H,1-4H3. The van der Waals surface area contributed by atoms with Crippen LogP contribution in [-0.4, -0.2) is 32.5 Å². The zero-order valence-corrected chi connectivity index (χ0v) is 17.6. The number of nitrogens with zero attached hydrogens (tertiary/aromatic N) is 4. The van der Waals surface area contributed by atoms with Crippen LogP contribution in [0.2, 0.25) is 0 Å². The van der Waals surface area contributed by atoms with Gasteiger partial charge >= 0.3 is 5.91 Å². The van der Waals surface area contributed by atoms with E-state index in [1.54, 1.807) is 43.8 Å². The molecular weight excluding hydrogens is 399 g/mol. The first-order chi connectivity index (χ1) is 14.7. The van der Waals surface area contributed by atoms with E-state index in [0.29, 0.717) is 11.4 Å². The molecule has 0 spiro atoms. The molecule has 1 aromatic carbocycles. The number of aryl methyl sites for hydroxylation is 2. The van der Waals surface area contributed by atoms with Crippen molar-refractivity contribution in [3.8, 4) is 11.6 Å². The van der Waals surface area contributed by atoms with Crippen LogP contribution in [0.1, 0.15) is 30.7 Å². The van der Waals surface area contributed by atoms with Crippen LogP contribution in [0.25, 0.3) is 17.0 Å². The number of rotatable bonds is 4. The Morgan fingerprint density at radius 1 is 1.06 bits per heavy atom. The monoisotopic (exact) mass is 420 g/mol. The van der Waals surface area contributed by atoms with Crippen molar-refractivity contribution in [3.05, 3.63) is 71.4 Å². The number of benzene rings is 1. The molecule has 0 atom stereocenters. The van der Waals surface area contributed by atoms with Crippen molar-refractivity contribution in [3.63, 3.8) is 0 Å². The van der Waals surface area contributed by atoms with E-state index in [4.69, 9.17) is 0 Å². The first-order valence-corrected chi connectivity index (χ1v) is 9.84. The lowest BCUT2D eigenvalue weighted by atomic mass is 10.0. The summed E-state index contributed by atoms with van der Waals surface area (Å²) in [5, 5.41) is 17.6. The van der Waals surface area contributed by atoms with Gasteiger partial charge < -0.3 is 5.11 Å². The predicted molar refractivity (Wildman–Crippen MR) is 109 cm³/mol. The van der Waals surface area contributed by atoms with Gasteiger partial charge in [0.2, 0.25) is 0 Å². The van der Waals surface area contributed by atoms with Crippen LogP contribution < -0.4 is 9.67 Å².